The van der Waals surface area contributed by atoms with Crippen LogP contribution in [0.25, 0.3) is 0 Å². The van der Waals surface area contributed by atoms with Crippen molar-refractivity contribution >= 4 is 5.91 Å². The Bertz CT molecular complexity index is 1050. The SMILES string of the molecule is CCc1cccc(CNC[C@H](O)[C@H](Cc2cc(F)cc(F)c2)NC(=O)c2c[nH]cc2OC)c1. The first-order valence-electron chi connectivity index (χ1n) is 10.8. The van der Waals surface area contributed by atoms with E-state index < -0.39 is 29.7 Å². The molecule has 1 heterocycles. The van der Waals surface area contributed by atoms with Gasteiger partial charge < -0.3 is 25.5 Å². The third-order valence-corrected chi connectivity index (χ3v) is 5.41. The van der Waals surface area contributed by atoms with E-state index in [1.807, 2.05) is 12.1 Å². The Morgan fingerprint density at radius 1 is 1.09 bits per heavy atom. The Hall–Kier alpha value is -3.23. The van der Waals surface area contributed by atoms with Gasteiger partial charge in [-0.3, -0.25) is 4.79 Å². The average Bonchev–Trinajstić information content (AvgIpc) is 3.27. The van der Waals surface area contributed by atoms with Crippen LogP contribution in [0.15, 0.2) is 54.9 Å². The zero-order valence-corrected chi connectivity index (χ0v) is 18.7. The summed E-state index contributed by atoms with van der Waals surface area (Å²) in [7, 11) is 1.44. The largest absolute Gasteiger partial charge is 0.494 e. The molecule has 3 aromatic rings. The summed E-state index contributed by atoms with van der Waals surface area (Å²) < 4.78 is 32.6. The number of benzene rings is 2. The highest BCUT2D eigenvalue weighted by Crippen LogP contribution is 2.18. The maximum absolute atomic E-state index is 13.7. The van der Waals surface area contributed by atoms with Crippen molar-refractivity contribution in [2.45, 2.75) is 38.5 Å². The van der Waals surface area contributed by atoms with Gasteiger partial charge in [-0.1, -0.05) is 31.2 Å². The van der Waals surface area contributed by atoms with Crippen LogP contribution in [-0.2, 0) is 19.4 Å². The molecule has 1 amide bonds. The molecule has 1 aromatic heterocycles. The van der Waals surface area contributed by atoms with Crippen molar-refractivity contribution in [3.05, 3.63) is 88.7 Å². The van der Waals surface area contributed by atoms with Crippen molar-refractivity contribution in [2.75, 3.05) is 13.7 Å². The van der Waals surface area contributed by atoms with Gasteiger partial charge in [0.2, 0.25) is 0 Å². The van der Waals surface area contributed by atoms with E-state index in [-0.39, 0.29) is 18.5 Å². The number of amides is 1. The number of carbonyl (C=O) groups excluding carboxylic acids is 1. The monoisotopic (exact) mass is 457 g/mol. The Balaban J connectivity index is 1.71. The van der Waals surface area contributed by atoms with Gasteiger partial charge in [-0.2, -0.15) is 0 Å². The van der Waals surface area contributed by atoms with E-state index in [1.54, 1.807) is 0 Å². The molecule has 0 spiro atoms. The first kappa shape index (κ1) is 24.4. The molecule has 0 fully saturated rings. The molecule has 6 nitrogen and oxygen atoms in total. The summed E-state index contributed by atoms with van der Waals surface area (Å²) in [6.07, 6.45) is 2.98. The summed E-state index contributed by atoms with van der Waals surface area (Å²) in [5, 5.41) is 16.8. The number of H-pyrrole nitrogens is 1. The summed E-state index contributed by atoms with van der Waals surface area (Å²) in [4.78, 5) is 15.6. The number of aromatic nitrogens is 1. The second kappa shape index (κ2) is 11.6. The van der Waals surface area contributed by atoms with Gasteiger partial charge in [0.15, 0.2) is 0 Å². The lowest BCUT2D eigenvalue weighted by Crippen LogP contribution is -2.48. The number of ether oxygens (including phenoxy) is 1. The highest BCUT2D eigenvalue weighted by molar-refractivity contribution is 5.97. The first-order valence-corrected chi connectivity index (χ1v) is 10.8. The Kier molecular flexibility index (Phi) is 8.57. The molecule has 0 aliphatic carbocycles. The second-order valence-electron chi connectivity index (χ2n) is 7.87. The molecule has 2 aromatic carbocycles. The normalized spacial score (nSPS) is 12.9. The van der Waals surface area contributed by atoms with Crippen LogP contribution in [0, 0.1) is 11.6 Å². The minimum Gasteiger partial charge on any atom is -0.494 e. The Morgan fingerprint density at radius 3 is 2.52 bits per heavy atom. The number of hydrogen-bond acceptors (Lipinski definition) is 4. The lowest BCUT2D eigenvalue weighted by molar-refractivity contribution is 0.0827. The van der Waals surface area contributed by atoms with Crippen molar-refractivity contribution in [2.24, 2.45) is 0 Å². The predicted octanol–water partition coefficient (Wildman–Crippen LogP) is 3.36. The van der Waals surface area contributed by atoms with Gasteiger partial charge >= 0.3 is 0 Å². The zero-order chi connectivity index (χ0) is 23.8. The van der Waals surface area contributed by atoms with Crippen molar-refractivity contribution in [1.29, 1.82) is 0 Å². The van der Waals surface area contributed by atoms with Crippen LogP contribution in [-0.4, -0.2) is 41.8 Å². The number of nitrogens with one attached hydrogen (secondary N) is 3. The molecule has 176 valence electrons. The third kappa shape index (κ3) is 6.87. The topological polar surface area (TPSA) is 86.4 Å². The number of aromatic amines is 1. The van der Waals surface area contributed by atoms with Crippen molar-refractivity contribution in [3.63, 3.8) is 0 Å². The van der Waals surface area contributed by atoms with E-state index in [2.05, 4.69) is 34.7 Å². The fourth-order valence-electron chi connectivity index (χ4n) is 3.67. The summed E-state index contributed by atoms with van der Waals surface area (Å²) >= 11 is 0. The number of aliphatic hydroxyl groups excluding tert-OH is 1. The number of aryl methyl sites for hydroxylation is 1. The quantitative estimate of drug-likeness (QED) is 0.356. The molecule has 0 bridgehead atoms. The zero-order valence-electron chi connectivity index (χ0n) is 18.7. The molecule has 0 aliphatic rings. The standard InChI is InChI=1S/C25H29F2N3O3/c1-3-16-5-4-6-17(7-16)12-28-14-23(31)22(10-18-8-19(26)11-20(27)9-18)30-25(32)21-13-29-15-24(21)33-2/h4-9,11,13,15,22-23,28-29,31H,3,10,12,14H2,1-2H3,(H,30,32)/t22-,23-/m0/s1. The van der Waals surface area contributed by atoms with E-state index in [4.69, 9.17) is 4.74 Å². The fourth-order valence-corrected chi connectivity index (χ4v) is 3.67. The lowest BCUT2D eigenvalue weighted by Gasteiger charge is -2.25. The van der Waals surface area contributed by atoms with Gasteiger partial charge in [0.1, 0.15) is 17.4 Å². The molecule has 0 aliphatic heterocycles. The number of hydrogen-bond donors (Lipinski definition) is 4. The minimum absolute atomic E-state index is 0.0430. The number of methoxy groups -OCH3 is 1. The van der Waals surface area contributed by atoms with E-state index in [1.165, 1.54) is 37.2 Å². The van der Waals surface area contributed by atoms with Crippen molar-refractivity contribution < 1.29 is 23.4 Å². The van der Waals surface area contributed by atoms with Crippen LogP contribution in [0.3, 0.4) is 0 Å². The average molecular weight is 458 g/mol. The second-order valence-corrected chi connectivity index (χ2v) is 7.87. The number of halogens is 2. The summed E-state index contributed by atoms with van der Waals surface area (Å²) in [5.41, 5.74) is 2.89. The molecular weight excluding hydrogens is 428 g/mol. The summed E-state index contributed by atoms with van der Waals surface area (Å²) in [6, 6.07) is 10.5. The highest BCUT2D eigenvalue weighted by Gasteiger charge is 2.24. The van der Waals surface area contributed by atoms with Crippen LogP contribution in [0.1, 0.15) is 34.0 Å². The van der Waals surface area contributed by atoms with Gasteiger partial charge in [-0.15, -0.1) is 0 Å². The number of rotatable bonds is 11. The molecule has 0 unspecified atom stereocenters. The smallest absolute Gasteiger partial charge is 0.256 e. The Labute approximate surface area is 192 Å². The minimum atomic E-state index is -1.01. The van der Waals surface area contributed by atoms with Gasteiger partial charge in [-0.25, -0.2) is 8.78 Å². The first-order chi connectivity index (χ1) is 15.9. The van der Waals surface area contributed by atoms with Crippen molar-refractivity contribution in [3.8, 4) is 5.75 Å². The van der Waals surface area contributed by atoms with Crippen LogP contribution in [0.4, 0.5) is 8.78 Å². The maximum atomic E-state index is 13.7. The highest BCUT2D eigenvalue weighted by atomic mass is 19.1. The van der Waals surface area contributed by atoms with Gasteiger partial charge in [0.05, 0.1) is 24.8 Å². The van der Waals surface area contributed by atoms with Crippen LogP contribution in [0.5, 0.6) is 5.75 Å². The van der Waals surface area contributed by atoms with Gasteiger partial charge in [0, 0.05) is 31.5 Å². The van der Waals surface area contributed by atoms with E-state index >= 15 is 0 Å². The van der Waals surface area contributed by atoms with E-state index in [9.17, 15) is 18.7 Å². The summed E-state index contributed by atoms with van der Waals surface area (Å²) in [6.45, 7) is 2.79. The maximum Gasteiger partial charge on any atom is 0.256 e. The molecule has 0 saturated carbocycles. The van der Waals surface area contributed by atoms with Crippen molar-refractivity contribution in [1.82, 2.24) is 15.6 Å². The molecule has 0 saturated heterocycles. The lowest BCUT2D eigenvalue weighted by atomic mass is 10.00. The molecule has 2 atom stereocenters. The fraction of sp³-hybridized carbons (Fsp3) is 0.320. The molecule has 3 rings (SSSR count). The molecule has 33 heavy (non-hydrogen) atoms. The molecule has 0 radical (unpaired) electrons. The van der Waals surface area contributed by atoms with Gasteiger partial charge in [-0.05, 0) is 41.7 Å². The van der Waals surface area contributed by atoms with Crippen LogP contribution < -0.4 is 15.4 Å². The number of carbonyl (C=O) groups is 1. The van der Waals surface area contributed by atoms with Crippen LogP contribution in [0.2, 0.25) is 0 Å². The third-order valence-electron chi connectivity index (χ3n) is 5.41. The van der Waals surface area contributed by atoms with E-state index in [0.717, 1.165) is 18.1 Å². The number of aliphatic hydroxyl groups is 1. The van der Waals surface area contributed by atoms with Crippen LogP contribution >= 0.6 is 0 Å². The molecule has 8 heteroatoms. The molecular formula is C25H29F2N3O3. The molecule has 4 N–H and O–H groups in total. The Morgan fingerprint density at radius 2 is 1.82 bits per heavy atom. The summed E-state index contributed by atoms with van der Waals surface area (Å²) in [5.74, 6) is -1.55. The predicted molar refractivity (Wildman–Crippen MR) is 122 cm³/mol. The van der Waals surface area contributed by atoms with Gasteiger partial charge in [0.25, 0.3) is 5.91 Å². The van der Waals surface area contributed by atoms with E-state index in [0.29, 0.717) is 17.9 Å².